The predicted molar refractivity (Wildman–Crippen MR) is 69.9 cm³/mol. The number of benzene rings is 2. The maximum Gasteiger partial charge on any atom is 0.159 e. The van der Waals surface area contributed by atoms with Crippen LogP contribution in [0.25, 0.3) is 0 Å². The van der Waals surface area contributed by atoms with E-state index in [1.54, 1.807) is 0 Å². The second-order valence-electron chi connectivity index (χ2n) is 4.45. The summed E-state index contributed by atoms with van der Waals surface area (Å²) in [7, 11) is 1.46. The molecule has 0 aliphatic rings. The van der Waals surface area contributed by atoms with Crippen LogP contribution in [0.1, 0.15) is 17.2 Å². The molecule has 2 aromatic carbocycles. The van der Waals surface area contributed by atoms with Crippen molar-refractivity contribution in [1.29, 1.82) is 0 Å². The van der Waals surface area contributed by atoms with Crippen molar-refractivity contribution in [2.75, 3.05) is 7.11 Å². The summed E-state index contributed by atoms with van der Waals surface area (Å²) in [5.74, 6) is -1.81. The van der Waals surface area contributed by atoms with Crippen molar-refractivity contribution >= 4 is 0 Å². The number of hydrogen-bond acceptors (Lipinski definition) is 2. The van der Waals surface area contributed by atoms with E-state index in [4.69, 9.17) is 10.5 Å². The Morgan fingerprint density at radius 3 is 2.45 bits per heavy atom. The van der Waals surface area contributed by atoms with Gasteiger partial charge >= 0.3 is 0 Å². The van der Waals surface area contributed by atoms with Gasteiger partial charge in [-0.05, 0) is 42.3 Å². The Morgan fingerprint density at radius 1 is 1.05 bits per heavy atom. The highest BCUT2D eigenvalue weighted by Crippen LogP contribution is 2.27. The molecule has 0 heterocycles. The van der Waals surface area contributed by atoms with Gasteiger partial charge in [-0.25, -0.2) is 13.2 Å². The Bertz CT molecular complexity index is 616. The molecule has 0 aromatic heterocycles. The number of nitrogens with two attached hydrogens (primary N) is 1. The fourth-order valence-corrected chi connectivity index (χ4v) is 2.03. The van der Waals surface area contributed by atoms with Crippen molar-refractivity contribution in [2.24, 2.45) is 5.73 Å². The fourth-order valence-electron chi connectivity index (χ4n) is 2.03. The molecule has 1 atom stereocenters. The summed E-state index contributed by atoms with van der Waals surface area (Å²) < 4.78 is 44.4. The van der Waals surface area contributed by atoms with Crippen LogP contribution in [0.3, 0.4) is 0 Å². The summed E-state index contributed by atoms with van der Waals surface area (Å²) in [5.41, 5.74) is 7.01. The Hall–Kier alpha value is -2.01. The van der Waals surface area contributed by atoms with Gasteiger partial charge in [0, 0.05) is 11.6 Å². The third kappa shape index (κ3) is 3.11. The zero-order valence-electron chi connectivity index (χ0n) is 10.9. The summed E-state index contributed by atoms with van der Waals surface area (Å²) in [6.45, 7) is 0. The van der Waals surface area contributed by atoms with Crippen LogP contribution in [0.5, 0.6) is 5.75 Å². The monoisotopic (exact) mass is 281 g/mol. The van der Waals surface area contributed by atoms with E-state index in [1.807, 2.05) is 0 Å². The van der Waals surface area contributed by atoms with Gasteiger partial charge in [0.15, 0.2) is 11.6 Å². The van der Waals surface area contributed by atoms with Crippen LogP contribution in [0, 0.1) is 17.5 Å². The van der Waals surface area contributed by atoms with Crippen LogP contribution in [-0.4, -0.2) is 7.11 Å². The van der Waals surface area contributed by atoms with Crippen LogP contribution >= 0.6 is 0 Å². The molecule has 0 aliphatic carbocycles. The van der Waals surface area contributed by atoms with E-state index in [0.717, 1.165) is 12.1 Å². The molecule has 0 saturated carbocycles. The highest BCUT2D eigenvalue weighted by atomic mass is 19.2. The number of methoxy groups -OCH3 is 1. The minimum atomic E-state index is -0.930. The Balaban J connectivity index is 2.25. The summed E-state index contributed by atoms with van der Waals surface area (Å²) in [6, 6.07) is 7.03. The fraction of sp³-hybridized carbons (Fsp3) is 0.200. The van der Waals surface area contributed by atoms with Crippen molar-refractivity contribution in [1.82, 2.24) is 0 Å². The average Bonchev–Trinajstić information content (AvgIpc) is 2.43. The van der Waals surface area contributed by atoms with E-state index in [0.29, 0.717) is 16.9 Å². The maximum absolute atomic E-state index is 13.3. The van der Waals surface area contributed by atoms with Crippen molar-refractivity contribution in [3.05, 3.63) is 65.0 Å². The summed E-state index contributed by atoms with van der Waals surface area (Å²) >= 11 is 0. The summed E-state index contributed by atoms with van der Waals surface area (Å²) in [4.78, 5) is 0. The molecule has 0 bridgehead atoms. The molecule has 0 aliphatic heterocycles. The Kier molecular flexibility index (Phi) is 4.29. The van der Waals surface area contributed by atoms with Gasteiger partial charge in [0.05, 0.1) is 7.11 Å². The molecule has 0 saturated heterocycles. The minimum Gasteiger partial charge on any atom is -0.496 e. The quantitative estimate of drug-likeness (QED) is 0.932. The summed E-state index contributed by atoms with van der Waals surface area (Å²) in [6.07, 6.45) is 0.247. The molecular formula is C15H14F3NO. The van der Waals surface area contributed by atoms with Gasteiger partial charge in [-0.1, -0.05) is 6.07 Å². The number of rotatable bonds is 4. The first-order chi connectivity index (χ1) is 9.51. The van der Waals surface area contributed by atoms with Gasteiger partial charge in [-0.3, -0.25) is 0 Å². The van der Waals surface area contributed by atoms with Gasteiger partial charge in [0.2, 0.25) is 0 Å². The first-order valence-corrected chi connectivity index (χ1v) is 6.04. The normalized spacial score (nSPS) is 12.2. The van der Waals surface area contributed by atoms with Gasteiger partial charge in [-0.2, -0.15) is 0 Å². The molecule has 2 rings (SSSR count). The smallest absolute Gasteiger partial charge is 0.159 e. The topological polar surface area (TPSA) is 35.2 Å². The van der Waals surface area contributed by atoms with Crippen LogP contribution in [0.2, 0.25) is 0 Å². The van der Waals surface area contributed by atoms with Gasteiger partial charge in [0.25, 0.3) is 0 Å². The molecule has 0 fully saturated rings. The molecule has 2 nitrogen and oxygen atoms in total. The molecule has 1 unspecified atom stereocenters. The SMILES string of the molecule is COc1ccc(F)cc1C(N)Cc1ccc(F)c(F)c1. The lowest BCUT2D eigenvalue weighted by Crippen LogP contribution is -2.15. The number of halogens is 3. The third-order valence-electron chi connectivity index (χ3n) is 3.03. The minimum absolute atomic E-state index is 0.247. The largest absolute Gasteiger partial charge is 0.496 e. The zero-order chi connectivity index (χ0) is 14.7. The lowest BCUT2D eigenvalue weighted by atomic mass is 9.98. The molecule has 2 N–H and O–H groups in total. The van der Waals surface area contributed by atoms with Crippen LogP contribution in [-0.2, 0) is 6.42 Å². The predicted octanol–water partition coefficient (Wildman–Crippen LogP) is 3.36. The standard InChI is InChI=1S/C15H14F3NO/c1-20-15-5-3-10(16)8-11(15)14(19)7-9-2-4-12(17)13(18)6-9/h2-6,8,14H,7,19H2,1H3. The van der Waals surface area contributed by atoms with Gasteiger partial charge in [-0.15, -0.1) is 0 Å². The second kappa shape index (κ2) is 5.96. The van der Waals surface area contributed by atoms with E-state index >= 15 is 0 Å². The molecule has 20 heavy (non-hydrogen) atoms. The van der Waals surface area contributed by atoms with Crippen molar-refractivity contribution in [2.45, 2.75) is 12.5 Å². The molecular weight excluding hydrogens is 267 g/mol. The first kappa shape index (κ1) is 14.4. The molecule has 0 amide bonds. The van der Waals surface area contributed by atoms with Crippen LogP contribution < -0.4 is 10.5 Å². The maximum atomic E-state index is 13.3. The molecule has 0 spiro atoms. The second-order valence-corrected chi connectivity index (χ2v) is 4.45. The number of hydrogen-bond donors (Lipinski definition) is 1. The highest BCUT2D eigenvalue weighted by Gasteiger charge is 2.14. The van der Waals surface area contributed by atoms with Gasteiger partial charge in [0.1, 0.15) is 11.6 Å². The number of ether oxygens (including phenoxy) is 1. The third-order valence-corrected chi connectivity index (χ3v) is 3.03. The summed E-state index contributed by atoms with van der Waals surface area (Å²) in [5, 5.41) is 0. The first-order valence-electron chi connectivity index (χ1n) is 6.04. The molecule has 0 radical (unpaired) electrons. The van der Waals surface area contributed by atoms with Crippen molar-refractivity contribution in [3.63, 3.8) is 0 Å². The lowest BCUT2D eigenvalue weighted by molar-refractivity contribution is 0.404. The molecule has 2 aromatic rings. The highest BCUT2D eigenvalue weighted by molar-refractivity contribution is 5.37. The Morgan fingerprint density at radius 2 is 1.80 bits per heavy atom. The van der Waals surface area contributed by atoms with E-state index in [2.05, 4.69) is 0 Å². The van der Waals surface area contributed by atoms with E-state index in [1.165, 1.54) is 31.4 Å². The molecule has 5 heteroatoms. The van der Waals surface area contributed by atoms with E-state index in [-0.39, 0.29) is 6.42 Å². The van der Waals surface area contributed by atoms with Crippen molar-refractivity contribution in [3.8, 4) is 5.75 Å². The van der Waals surface area contributed by atoms with Gasteiger partial charge < -0.3 is 10.5 Å². The Labute approximate surface area is 115 Å². The molecule has 106 valence electrons. The van der Waals surface area contributed by atoms with Crippen molar-refractivity contribution < 1.29 is 17.9 Å². The van der Waals surface area contributed by atoms with Crippen LogP contribution in [0.15, 0.2) is 36.4 Å². The lowest BCUT2D eigenvalue weighted by Gasteiger charge is -2.16. The van der Waals surface area contributed by atoms with Crippen LogP contribution in [0.4, 0.5) is 13.2 Å². The zero-order valence-corrected chi connectivity index (χ0v) is 10.9. The van der Waals surface area contributed by atoms with E-state index < -0.39 is 23.5 Å². The van der Waals surface area contributed by atoms with E-state index in [9.17, 15) is 13.2 Å². The average molecular weight is 281 g/mol.